The largest absolute Gasteiger partial charge is 0.456 e. The SMILES string of the molecule is c1ccc(-c2ccccc2N(c2ccc(-c3ccc(-c4ccc5ccc(-c6ccc7c(c6)oc6cccc(-c8ccccc8N(c8ccc(-c9ccc%10ccccc%10c9)cc8)c8ccccc8-c8ccccc8)c67)cc5c4)cc3)cc2)c2ccccc2-c2cccc3oc4ccccc4c23)cc1. The van der Waals surface area contributed by atoms with Gasteiger partial charge in [-0.15, -0.1) is 0 Å². The average molecular weight is 1300 g/mol. The van der Waals surface area contributed by atoms with Gasteiger partial charge >= 0.3 is 0 Å². The van der Waals surface area contributed by atoms with Crippen molar-refractivity contribution in [3.8, 4) is 89.0 Å². The van der Waals surface area contributed by atoms with Crippen molar-refractivity contribution in [2.45, 2.75) is 0 Å². The highest BCUT2D eigenvalue weighted by molar-refractivity contribution is 6.16. The molecule has 0 aliphatic rings. The third kappa shape index (κ3) is 10.7. The van der Waals surface area contributed by atoms with Gasteiger partial charge in [0, 0.05) is 55.2 Å². The molecule has 0 amide bonds. The van der Waals surface area contributed by atoms with Crippen molar-refractivity contribution >= 4 is 99.5 Å². The summed E-state index contributed by atoms with van der Waals surface area (Å²) in [5.74, 6) is 0. The van der Waals surface area contributed by atoms with Crippen LogP contribution >= 0.6 is 0 Å². The van der Waals surface area contributed by atoms with E-state index in [2.05, 4.69) is 392 Å². The minimum absolute atomic E-state index is 0.843. The molecule has 0 aliphatic heterocycles. The van der Waals surface area contributed by atoms with Crippen molar-refractivity contribution in [2.75, 3.05) is 9.80 Å². The Morgan fingerprint density at radius 2 is 0.490 bits per heavy atom. The van der Waals surface area contributed by atoms with E-state index in [0.29, 0.717) is 0 Å². The molecule has 0 bridgehead atoms. The van der Waals surface area contributed by atoms with E-state index >= 15 is 0 Å². The van der Waals surface area contributed by atoms with Crippen LogP contribution in [0.1, 0.15) is 0 Å². The van der Waals surface area contributed by atoms with E-state index in [1.807, 2.05) is 6.07 Å². The number of hydrogen-bond donors (Lipinski definition) is 0. The molecule has 478 valence electrons. The van der Waals surface area contributed by atoms with Crippen molar-refractivity contribution in [2.24, 2.45) is 0 Å². The highest BCUT2D eigenvalue weighted by atomic mass is 16.3. The first-order valence-corrected chi connectivity index (χ1v) is 34.8. The van der Waals surface area contributed by atoms with Gasteiger partial charge in [0.25, 0.3) is 0 Å². The Kier molecular flexibility index (Phi) is 14.9. The molecule has 102 heavy (non-hydrogen) atoms. The first-order valence-electron chi connectivity index (χ1n) is 34.8. The number of furan rings is 2. The maximum atomic E-state index is 6.90. The third-order valence-corrected chi connectivity index (χ3v) is 20.3. The summed E-state index contributed by atoms with van der Waals surface area (Å²) in [5.41, 5.74) is 28.0. The Labute approximate surface area is 591 Å². The molecule has 4 nitrogen and oxygen atoms in total. The number of benzene rings is 17. The Morgan fingerprint density at radius 3 is 1.01 bits per heavy atom. The van der Waals surface area contributed by atoms with Crippen LogP contribution in [0.25, 0.3) is 154 Å². The molecule has 0 spiro atoms. The summed E-state index contributed by atoms with van der Waals surface area (Å²) in [6.45, 7) is 0. The average Bonchev–Trinajstić information content (AvgIpc) is 1.58. The number of anilines is 6. The van der Waals surface area contributed by atoms with E-state index in [9.17, 15) is 0 Å². The van der Waals surface area contributed by atoms with Crippen molar-refractivity contribution in [1.29, 1.82) is 0 Å². The Balaban J connectivity index is 0.631. The van der Waals surface area contributed by atoms with Crippen molar-refractivity contribution in [3.63, 3.8) is 0 Å². The maximum absolute atomic E-state index is 6.90. The molecule has 0 unspecified atom stereocenters. The number of rotatable bonds is 14. The Bertz CT molecular complexity index is 6370. The van der Waals surface area contributed by atoms with E-state index in [1.54, 1.807) is 0 Å². The highest BCUT2D eigenvalue weighted by Gasteiger charge is 2.26. The van der Waals surface area contributed by atoms with Gasteiger partial charge in [-0.05, 0) is 185 Å². The van der Waals surface area contributed by atoms with Crippen molar-refractivity contribution in [3.05, 3.63) is 388 Å². The van der Waals surface area contributed by atoms with Gasteiger partial charge in [-0.1, -0.05) is 291 Å². The molecular formula is C98H64N2O2. The van der Waals surface area contributed by atoms with Crippen LogP contribution in [0.5, 0.6) is 0 Å². The van der Waals surface area contributed by atoms with E-state index in [0.717, 1.165) is 161 Å². The molecule has 0 aliphatic carbocycles. The summed E-state index contributed by atoms with van der Waals surface area (Å²) in [5, 5.41) is 9.18. The normalized spacial score (nSPS) is 11.5. The van der Waals surface area contributed by atoms with E-state index in [-0.39, 0.29) is 0 Å². The van der Waals surface area contributed by atoms with Gasteiger partial charge in [0.2, 0.25) is 0 Å². The van der Waals surface area contributed by atoms with Crippen LogP contribution in [0.4, 0.5) is 34.1 Å². The van der Waals surface area contributed by atoms with Gasteiger partial charge in [-0.2, -0.15) is 0 Å². The molecule has 0 N–H and O–H groups in total. The molecule has 0 atom stereocenters. The van der Waals surface area contributed by atoms with Gasteiger partial charge in [0.1, 0.15) is 22.3 Å². The number of nitrogens with zero attached hydrogens (tertiary/aromatic N) is 2. The van der Waals surface area contributed by atoms with Crippen LogP contribution in [0.15, 0.2) is 397 Å². The Morgan fingerprint density at radius 1 is 0.167 bits per heavy atom. The minimum atomic E-state index is 0.843. The summed E-state index contributed by atoms with van der Waals surface area (Å²) in [6, 6.07) is 140. The molecule has 4 heteroatoms. The van der Waals surface area contributed by atoms with E-state index in [4.69, 9.17) is 8.83 Å². The van der Waals surface area contributed by atoms with E-state index < -0.39 is 0 Å². The molecule has 19 rings (SSSR count). The van der Waals surface area contributed by atoms with Gasteiger partial charge in [-0.3, -0.25) is 0 Å². The van der Waals surface area contributed by atoms with Crippen LogP contribution in [0.3, 0.4) is 0 Å². The minimum Gasteiger partial charge on any atom is -0.456 e. The second-order valence-corrected chi connectivity index (χ2v) is 26.2. The molecule has 17 aromatic carbocycles. The fourth-order valence-electron chi connectivity index (χ4n) is 15.3. The summed E-state index contributed by atoms with van der Waals surface area (Å²) < 4.78 is 13.3. The van der Waals surface area contributed by atoms with Crippen LogP contribution in [-0.4, -0.2) is 0 Å². The molecule has 0 saturated carbocycles. The fourth-order valence-corrected chi connectivity index (χ4v) is 15.3. The summed E-state index contributed by atoms with van der Waals surface area (Å²) in [7, 11) is 0. The van der Waals surface area contributed by atoms with Crippen LogP contribution in [0, 0.1) is 0 Å². The van der Waals surface area contributed by atoms with Gasteiger partial charge < -0.3 is 18.6 Å². The maximum Gasteiger partial charge on any atom is 0.136 e. The molecule has 0 fully saturated rings. The lowest BCUT2D eigenvalue weighted by Gasteiger charge is -2.30. The molecule has 2 aromatic heterocycles. The molecule has 0 radical (unpaired) electrons. The van der Waals surface area contributed by atoms with Gasteiger partial charge in [0.15, 0.2) is 0 Å². The highest BCUT2D eigenvalue weighted by Crippen LogP contribution is 2.50. The monoisotopic (exact) mass is 1300 g/mol. The standard InChI is InChI=1S/C98H64N2O2/c1-3-22-71(23-4-1)81-27-9-14-34-89(81)99(91-36-16-11-29-83(91)85-32-19-39-94-97(85)87-31-13-18-38-93(87)101-94)79-56-51-67(52-57-79)66-41-43-68(44-42-66)75-49-46-70-47-50-76(63-78(70)62-75)77-55-60-88-96(64-77)102-95-40-20-33-86(98(88)95)84-30-12-17-37-92(84)100(90-35-15-10-28-82(90)72-24-5-2-6-25-72)80-58-53-69(54-59-80)74-48-45-65-21-7-8-26-73(65)61-74/h1-64H. The second-order valence-electron chi connectivity index (χ2n) is 26.2. The third-order valence-electron chi connectivity index (χ3n) is 20.3. The lowest BCUT2D eigenvalue weighted by molar-refractivity contribution is 0.668. The number of para-hydroxylation sites is 5. The lowest BCUT2D eigenvalue weighted by atomic mass is 9.94. The first-order chi connectivity index (χ1) is 50.6. The zero-order valence-corrected chi connectivity index (χ0v) is 55.7. The van der Waals surface area contributed by atoms with Crippen molar-refractivity contribution in [1.82, 2.24) is 0 Å². The van der Waals surface area contributed by atoms with Crippen molar-refractivity contribution < 1.29 is 8.83 Å². The number of fused-ring (bicyclic) bond motifs is 8. The zero-order valence-electron chi connectivity index (χ0n) is 55.7. The summed E-state index contributed by atoms with van der Waals surface area (Å²) in [6.07, 6.45) is 0. The Hall–Kier alpha value is -13.5. The zero-order chi connectivity index (χ0) is 67.5. The van der Waals surface area contributed by atoms with E-state index in [1.165, 1.54) is 27.1 Å². The smallest absolute Gasteiger partial charge is 0.136 e. The van der Waals surface area contributed by atoms with Crippen LogP contribution in [-0.2, 0) is 0 Å². The molecular weight excluding hydrogens is 1240 g/mol. The quantitative estimate of drug-likeness (QED) is 0.109. The molecule has 0 saturated heterocycles. The van der Waals surface area contributed by atoms with Crippen LogP contribution < -0.4 is 9.80 Å². The number of hydrogen-bond acceptors (Lipinski definition) is 4. The predicted molar refractivity (Wildman–Crippen MR) is 429 cm³/mol. The first kappa shape index (κ1) is 59.7. The summed E-state index contributed by atoms with van der Waals surface area (Å²) in [4.78, 5) is 4.84. The van der Waals surface area contributed by atoms with Gasteiger partial charge in [-0.25, -0.2) is 0 Å². The predicted octanol–water partition coefficient (Wildman–Crippen LogP) is 28.1. The second kappa shape index (κ2) is 25.4. The van der Waals surface area contributed by atoms with Crippen LogP contribution in [0.2, 0.25) is 0 Å². The van der Waals surface area contributed by atoms with Gasteiger partial charge in [0.05, 0.1) is 22.7 Å². The molecule has 19 aromatic rings. The lowest BCUT2D eigenvalue weighted by Crippen LogP contribution is -2.12. The molecule has 2 heterocycles. The summed E-state index contributed by atoms with van der Waals surface area (Å²) >= 11 is 0. The fraction of sp³-hybridized carbons (Fsp3) is 0. The topological polar surface area (TPSA) is 32.8 Å².